The number of halogens is 4. The topological polar surface area (TPSA) is 81.8 Å². The van der Waals surface area contributed by atoms with Crippen molar-refractivity contribution in [3.8, 4) is 0 Å². The molecule has 158 valence electrons. The normalized spacial score (nSPS) is 11.7. The monoisotopic (exact) mass is 439 g/mol. The molecule has 0 bridgehead atoms. The predicted molar refractivity (Wildman–Crippen MR) is 106 cm³/mol. The molecule has 1 aromatic carbocycles. The molecule has 0 spiro atoms. The van der Waals surface area contributed by atoms with Gasteiger partial charge in [-0.15, -0.1) is 0 Å². The Bertz CT molecular complexity index is 1170. The first-order chi connectivity index (χ1) is 14.1. The van der Waals surface area contributed by atoms with E-state index in [0.29, 0.717) is 10.6 Å². The summed E-state index contributed by atoms with van der Waals surface area (Å²) in [4.78, 5) is 32.7. The van der Waals surface area contributed by atoms with Crippen LogP contribution in [0.25, 0.3) is 0 Å². The average Bonchev–Trinajstić information content (AvgIpc) is 2.65. The number of alkyl halides is 3. The van der Waals surface area contributed by atoms with E-state index >= 15 is 0 Å². The number of anilines is 2. The van der Waals surface area contributed by atoms with E-state index in [1.165, 1.54) is 6.07 Å². The molecule has 0 saturated carbocycles. The van der Waals surface area contributed by atoms with E-state index in [1.54, 1.807) is 38.1 Å². The van der Waals surface area contributed by atoms with E-state index in [-0.39, 0.29) is 18.3 Å². The van der Waals surface area contributed by atoms with E-state index < -0.39 is 29.3 Å². The number of hydrogen-bond acceptors (Lipinski definition) is 5. The van der Waals surface area contributed by atoms with Crippen molar-refractivity contribution in [1.29, 1.82) is 0 Å². The van der Waals surface area contributed by atoms with Gasteiger partial charge < -0.3 is 5.32 Å². The van der Waals surface area contributed by atoms with Crippen molar-refractivity contribution in [2.24, 2.45) is 0 Å². The highest BCUT2D eigenvalue weighted by molar-refractivity contribution is 6.30. The smallest absolute Gasteiger partial charge is 0.310 e. The summed E-state index contributed by atoms with van der Waals surface area (Å²) in [5.74, 6) is -0.424. The summed E-state index contributed by atoms with van der Waals surface area (Å²) < 4.78 is 41.0. The van der Waals surface area contributed by atoms with Gasteiger partial charge in [0.1, 0.15) is 11.5 Å². The van der Waals surface area contributed by atoms with E-state index in [1.807, 2.05) is 0 Å². The molecule has 11 heteroatoms. The van der Waals surface area contributed by atoms with Crippen molar-refractivity contribution in [2.75, 3.05) is 5.32 Å². The molecular weight excluding hydrogens is 423 g/mol. The van der Waals surface area contributed by atoms with Crippen LogP contribution in [0.3, 0.4) is 0 Å². The molecule has 0 aliphatic carbocycles. The summed E-state index contributed by atoms with van der Waals surface area (Å²) >= 11 is 5.88. The summed E-state index contributed by atoms with van der Waals surface area (Å²) in [6.45, 7) is 3.31. The maximum Gasteiger partial charge on any atom is 0.433 e. The molecule has 2 heterocycles. The van der Waals surface area contributed by atoms with Gasteiger partial charge in [-0.05, 0) is 43.7 Å². The number of pyridine rings is 1. The Morgan fingerprint density at radius 1 is 1.07 bits per heavy atom. The lowest BCUT2D eigenvalue weighted by Gasteiger charge is -2.17. The number of rotatable bonds is 5. The summed E-state index contributed by atoms with van der Waals surface area (Å²) in [5, 5.41) is 3.07. The summed E-state index contributed by atoms with van der Waals surface area (Å²) in [6.07, 6.45) is -4.64. The first-order valence-electron chi connectivity index (χ1n) is 8.85. The molecule has 0 fully saturated rings. The van der Waals surface area contributed by atoms with Crippen molar-refractivity contribution in [1.82, 2.24) is 19.1 Å². The molecule has 30 heavy (non-hydrogen) atoms. The minimum absolute atomic E-state index is 0.0112. The van der Waals surface area contributed by atoms with Crippen LogP contribution in [0.1, 0.15) is 31.1 Å². The third kappa shape index (κ3) is 4.70. The predicted octanol–water partition coefficient (Wildman–Crippen LogP) is 3.85. The van der Waals surface area contributed by atoms with Crippen LogP contribution in [0.2, 0.25) is 5.02 Å². The summed E-state index contributed by atoms with van der Waals surface area (Å²) in [5.41, 5.74) is -1.92. The molecule has 3 rings (SSSR count). The number of aromatic nitrogens is 4. The van der Waals surface area contributed by atoms with E-state index in [4.69, 9.17) is 11.6 Å². The first-order valence-corrected chi connectivity index (χ1v) is 9.23. The summed E-state index contributed by atoms with van der Waals surface area (Å²) in [7, 11) is 0. The highest BCUT2D eigenvalue weighted by Crippen LogP contribution is 2.28. The lowest BCUT2D eigenvalue weighted by atomic mass is 10.2. The van der Waals surface area contributed by atoms with Crippen LogP contribution in [0.4, 0.5) is 24.9 Å². The Kier molecular flexibility index (Phi) is 5.97. The standard InChI is InChI=1S/C19H17ClF3N5O2/c1-11(2)28-17(29)26-16(25-15-5-3-4-14(24-15)19(21,22)23)27(18(28)30)10-12-6-8-13(20)9-7-12/h3-9,11H,10H2,1-2H3,(H,24,25,26,29). The quantitative estimate of drug-likeness (QED) is 0.653. The largest absolute Gasteiger partial charge is 0.433 e. The van der Waals surface area contributed by atoms with Gasteiger partial charge in [-0.2, -0.15) is 18.2 Å². The first kappa shape index (κ1) is 21.6. The fourth-order valence-corrected chi connectivity index (χ4v) is 2.86. The van der Waals surface area contributed by atoms with Gasteiger partial charge in [-0.25, -0.2) is 19.1 Å². The molecule has 0 aliphatic rings. The van der Waals surface area contributed by atoms with Gasteiger partial charge in [-0.3, -0.25) is 4.57 Å². The van der Waals surface area contributed by atoms with Gasteiger partial charge in [0.25, 0.3) is 0 Å². The Labute approximate surface area is 173 Å². The van der Waals surface area contributed by atoms with E-state index in [0.717, 1.165) is 21.3 Å². The maximum atomic E-state index is 13.0. The zero-order valence-corrected chi connectivity index (χ0v) is 16.7. The highest BCUT2D eigenvalue weighted by Gasteiger charge is 2.32. The van der Waals surface area contributed by atoms with Gasteiger partial charge in [0.05, 0.1) is 6.54 Å². The Balaban J connectivity index is 2.10. The number of hydrogen-bond donors (Lipinski definition) is 1. The van der Waals surface area contributed by atoms with Gasteiger partial charge in [0, 0.05) is 11.1 Å². The molecule has 2 aromatic heterocycles. The van der Waals surface area contributed by atoms with Crippen molar-refractivity contribution in [3.05, 3.63) is 79.7 Å². The molecule has 3 aromatic rings. The zero-order chi connectivity index (χ0) is 22.1. The van der Waals surface area contributed by atoms with Crippen molar-refractivity contribution >= 4 is 23.4 Å². The van der Waals surface area contributed by atoms with Gasteiger partial charge in [-0.1, -0.05) is 29.8 Å². The third-order valence-corrected chi connectivity index (χ3v) is 4.40. The molecule has 0 radical (unpaired) electrons. The van der Waals surface area contributed by atoms with Gasteiger partial charge in [0.2, 0.25) is 5.95 Å². The zero-order valence-electron chi connectivity index (χ0n) is 15.9. The van der Waals surface area contributed by atoms with Gasteiger partial charge in [0.15, 0.2) is 0 Å². The van der Waals surface area contributed by atoms with Crippen LogP contribution in [0.5, 0.6) is 0 Å². The lowest BCUT2D eigenvalue weighted by Crippen LogP contribution is -2.43. The Hall–Kier alpha value is -3.14. The van der Waals surface area contributed by atoms with Crippen LogP contribution < -0.4 is 16.7 Å². The molecule has 1 N–H and O–H groups in total. The van der Waals surface area contributed by atoms with E-state index in [9.17, 15) is 22.8 Å². The van der Waals surface area contributed by atoms with Crippen molar-refractivity contribution < 1.29 is 13.2 Å². The molecule has 7 nitrogen and oxygen atoms in total. The molecular formula is C19H17ClF3N5O2. The number of nitrogens with zero attached hydrogens (tertiary/aromatic N) is 4. The molecule has 0 aliphatic heterocycles. The van der Waals surface area contributed by atoms with E-state index in [2.05, 4.69) is 15.3 Å². The lowest BCUT2D eigenvalue weighted by molar-refractivity contribution is -0.141. The number of benzene rings is 1. The van der Waals surface area contributed by atoms with Crippen molar-refractivity contribution in [3.63, 3.8) is 0 Å². The fraction of sp³-hybridized carbons (Fsp3) is 0.263. The molecule has 0 atom stereocenters. The fourth-order valence-electron chi connectivity index (χ4n) is 2.74. The second-order valence-corrected chi connectivity index (χ2v) is 7.14. The second-order valence-electron chi connectivity index (χ2n) is 6.71. The molecule has 0 saturated heterocycles. The van der Waals surface area contributed by atoms with Crippen LogP contribution >= 0.6 is 11.6 Å². The van der Waals surface area contributed by atoms with Gasteiger partial charge >= 0.3 is 17.6 Å². The second kappa shape index (κ2) is 8.31. The van der Waals surface area contributed by atoms with Crippen molar-refractivity contribution in [2.45, 2.75) is 32.6 Å². The van der Waals surface area contributed by atoms with Crippen LogP contribution in [-0.2, 0) is 12.7 Å². The molecule has 0 amide bonds. The molecule has 0 unspecified atom stereocenters. The maximum absolute atomic E-state index is 13.0. The van der Waals surface area contributed by atoms with Crippen LogP contribution in [-0.4, -0.2) is 19.1 Å². The third-order valence-electron chi connectivity index (χ3n) is 4.15. The average molecular weight is 440 g/mol. The SMILES string of the molecule is CC(C)n1c(=O)nc(Nc2cccc(C(F)(F)F)n2)n(Cc2ccc(Cl)cc2)c1=O. The number of nitrogens with one attached hydrogen (secondary N) is 1. The van der Waals surface area contributed by atoms with Crippen LogP contribution in [0.15, 0.2) is 52.1 Å². The van der Waals surface area contributed by atoms with Crippen LogP contribution in [0, 0.1) is 0 Å². The summed E-state index contributed by atoms with van der Waals surface area (Å²) in [6, 6.07) is 9.44. The Morgan fingerprint density at radius 3 is 2.33 bits per heavy atom. The minimum atomic E-state index is -4.64. The highest BCUT2D eigenvalue weighted by atomic mass is 35.5. The Morgan fingerprint density at radius 2 is 1.73 bits per heavy atom. The minimum Gasteiger partial charge on any atom is -0.310 e.